The standard InChI is InChI=1S/C9H17N3O/c1-7-6-11-8(13)12(7)5-4-9(2,3)10/h6H,4-5,10H2,1-3H3,(H,11,13). The molecule has 0 aliphatic rings. The number of hydrogen-bond donors (Lipinski definition) is 2. The monoisotopic (exact) mass is 183 g/mol. The van der Waals surface area contributed by atoms with Crippen LogP contribution in [0.2, 0.25) is 0 Å². The number of hydrogen-bond acceptors (Lipinski definition) is 2. The topological polar surface area (TPSA) is 63.8 Å². The van der Waals surface area contributed by atoms with Crippen molar-refractivity contribution in [1.82, 2.24) is 9.55 Å². The summed E-state index contributed by atoms with van der Waals surface area (Å²) < 4.78 is 1.70. The van der Waals surface area contributed by atoms with Crippen LogP contribution in [0.15, 0.2) is 11.0 Å². The van der Waals surface area contributed by atoms with E-state index >= 15 is 0 Å². The molecule has 0 bridgehead atoms. The Balaban J connectivity index is 2.70. The Bertz CT molecular complexity index is 329. The molecule has 3 N–H and O–H groups in total. The second kappa shape index (κ2) is 3.38. The van der Waals surface area contributed by atoms with Gasteiger partial charge < -0.3 is 10.7 Å². The Morgan fingerprint density at radius 2 is 2.23 bits per heavy atom. The number of rotatable bonds is 3. The number of H-pyrrole nitrogens is 1. The summed E-state index contributed by atoms with van der Waals surface area (Å²) in [5.41, 5.74) is 6.51. The van der Waals surface area contributed by atoms with Gasteiger partial charge >= 0.3 is 5.69 Å². The summed E-state index contributed by atoms with van der Waals surface area (Å²) in [5.74, 6) is 0. The molecular weight excluding hydrogens is 166 g/mol. The maximum Gasteiger partial charge on any atom is 0.325 e. The molecule has 0 aromatic carbocycles. The molecule has 4 heteroatoms. The largest absolute Gasteiger partial charge is 0.325 e. The van der Waals surface area contributed by atoms with Gasteiger partial charge in [0.1, 0.15) is 0 Å². The van der Waals surface area contributed by atoms with Gasteiger partial charge in [-0.15, -0.1) is 0 Å². The third-order valence-corrected chi connectivity index (χ3v) is 2.06. The predicted molar refractivity (Wildman–Crippen MR) is 52.7 cm³/mol. The third-order valence-electron chi connectivity index (χ3n) is 2.06. The molecule has 0 amide bonds. The highest BCUT2D eigenvalue weighted by molar-refractivity contribution is 4.94. The maximum atomic E-state index is 11.2. The summed E-state index contributed by atoms with van der Waals surface area (Å²) in [6.07, 6.45) is 2.51. The van der Waals surface area contributed by atoms with Gasteiger partial charge in [0, 0.05) is 24.0 Å². The average molecular weight is 183 g/mol. The van der Waals surface area contributed by atoms with Gasteiger partial charge in [0.25, 0.3) is 0 Å². The van der Waals surface area contributed by atoms with Gasteiger partial charge in [-0.25, -0.2) is 4.79 Å². The summed E-state index contributed by atoms with van der Waals surface area (Å²) >= 11 is 0. The highest BCUT2D eigenvalue weighted by Crippen LogP contribution is 2.05. The van der Waals surface area contributed by atoms with E-state index in [9.17, 15) is 4.79 Å². The Morgan fingerprint density at radius 1 is 1.62 bits per heavy atom. The zero-order valence-electron chi connectivity index (χ0n) is 8.42. The first-order chi connectivity index (χ1) is 5.90. The van der Waals surface area contributed by atoms with Crippen LogP contribution in [0.25, 0.3) is 0 Å². The van der Waals surface area contributed by atoms with E-state index in [1.165, 1.54) is 0 Å². The van der Waals surface area contributed by atoms with Crippen molar-refractivity contribution in [2.45, 2.75) is 39.3 Å². The van der Waals surface area contributed by atoms with E-state index in [1.54, 1.807) is 10.8 Å². The molecule has 0 unspecified atom stereocenters. The molecule has 1 aromatic rings. The fraction of sp³-hybridized carbons (Fsp3) is 0.667. The first kappa shape index (κ1) is 10.1. The summed E-state index contributed by atoms with van der Waals surface area (Å²) in [6.45, 7) is 6.50. The van der Waals surface area contributed by atoms with Crippen LogP contribution in [-0.4, -0.2) is 15.1 Å². The van der Waals surface area contributed by atoms with Gasteiger partial charge in [0.2, 0.25) is 0 Å². The van der Waals surface area contributed by atoms with Crippen LogP contribution in [0, 0.1) is 6.92 Å². The van der Waals surface area contributed by atoms with Crippen molar-refractivity contribution in [3.63, 3.8) is 0 Å². The number of nitrogens with one attached hydrogen (secondary N) is 1. The molecule has 4 nitrogen and oxygen atoms in total. The van der Waals surface area contributed by atoms with E-state index in [-0.39, 0.29) is 11.2 Å². The maximum absolute atomic E-state index is 11.2. The van der Waals surface area contributed by atoms with Crippen molar-refractivity contribution in [1.29, 1.82) is 0 Å². The molecule has 0 saturated heterocycles. The van der Waals surface area contributed by atoms with Crippen molar-refractivity contribution < 1.29 is 0 Å². The predicted octanol–water partition coefficient (Wildman–Crippen LogP) is 0.612. The molecule has 0 aliphatic carbocycles. The van der Waals surface area contributed by atoms with Gasteiger partial charge in [0.05, 0.1) is 0 Å². The zero-order chi connectivity index (χ0) is 10.1. The first-order valence-corrected chi connectivity index (χ1v) is 4.44. The van der Waals surface area contributed by atoms with E-state index in [0.717, 1.165) is 12.1 Å². The van der Waals surface area contributed by atoms with Crippen molar-refractivity contribution in [2.75, 3.05) is 0 Å². The quantitative estimate of drug-likeness (QED) is 0.721. The van der Waals surface area contributed by atoms with E-state index in [1.807, 2.05) is 20.8 Å². The number of imidazole rings is 1. The fourth-order valence-corrected chi connectivity index (χ4v) is 1.16. The Labute approximate surface area is 77.8 Å². The lowest BCUT2D eigenvalue weighted by atomic mass is 10.0. The van der Waals surface area contributed by atoms with Crippen LogP contribution in [0.5, 0.6) is 0 Å². The van der Waals surface area contributed by atoms with Gasteiger partial charge in [-0.3, -0.25) is 4.57 Å². The molecular formula is C9H17N3O. The number of aryl methyl sites for hydroxylation is 1. The highest BCUT2D eigenvalue weighted by atomic mass is 16.1. The minimum Gasteiger partial charge on any atom is -0.325 e. The van der Waals surface area contributed by atoms with E-state index in [4.69, 9.17) is 5.73 Å². The first-order valence-electron chi connectivity index (χ1n) is 4.44. The number of nitrogens with zero attached hydrogens (tertiary/aromatic N) is 1. The second-order valence-corrected chi connectivity index (χ2v) is 4.13. The Morgan fingerprint density at radius 3 is 2.62 bits per heavy atom. The molecule has 0 fully saturated rings. The van der Waals surface area contributed by atoms with E-state index in [2.05, 4.69) is 4.98 Å². The van der Waals surface area contributed by atoms with Crippen molar-refractivity contribution in [2.24, 2.45) is 5.73 Å². The molecule has 0 spiro atoms. The number of aromatic nitrogens is 2. The van der Waals surface area contributed by atoms with Gasteiger partial charge in [-0.2, -0.15) is 0 Å². The van der Waals surface area contributed by atoms with Crippen LogP contribution >= 0.6 is 0 Å². The second-order valence-electron chi connectivity index (χ2n) is 4.13. The van der Waals surface area contributed by atoms with Crippen molar-refractivity contribution in [3.05, 3.63) is 22.4 Å². The summed E-state index contributed by atoms with van der Waals surface area (Å²) in [6, 6.07) is 0. The normalized spacial score (nSPS) is 12.0. The number of nitrogens with two attached hydrogens (primary N) is 1. The van der Waals surface area contributed by atoms with Crippen LogP contribution in [0.3, 0.4) is 0 Å². The van der Waals surface area contributed by atoms with Crippen LogP contribution in [0.1, 0.15) is 26.0 Å². The smallest absolute Gasteiger partial charge is 0.325 e. The van der Waals surface area contributed by atoms with Crippen LogP contribution in [0.4, 0.5) is 0 Å². The molecule has 13 heavy (non-hydrogen) atoms. The molecule has 0 saturated carbocycles. The molecule has 1 aromatic heterocycles. The van der Waals surface area contributed by atoms with Crippen LogP contribution < -0.4 is 11.4 Å². The van der Waals surface area contributed by atoms with E-state index in [0.29, 0.717) is 6.54 Å². The average Bonchev–Trinajstić information content (AvgIpc) is 2.27. The van der Waals surface area contributed by atoms with E-state index < -0.39 is 0 Å². The number of aromatic amines is 1. The fourth-order valence-electron chi connectivity index (χ4n) is 1.16. The minimum atomic E-state index is -0.219. The molecule has 0 radical (unpaired) electrons. The Hall–Kier alpha value is -1.03. The lowest BCUT2D eigenvalue weighted by Gasteiger charge is -2.18. The summed E-state index contributed by atoms with van der Waals surface area (Å²) in [7, 11) is 0. The highest BCUT2D eigenvalue weighted by Gasteiger charge is 2.11. The SMILES string of the molecule is Cc1c[nH]c(=O)n1CCC(C)(C)N. The molecule has 74 valence electrons. The lowest BCUT2D eigenvalue weighted by Crippen LogP contribution is -2.34. The van der Waals surface area contributed by atoms with Gasteiger partial charge in [0.15, 0.2) is 0 Å². The summed E-state index contributed by atoms with van der Waals surface area (Å²) in [5, 5.41) is 0. The van der Waals surface area contributed by atoms with Crippen LogP contribution in [-0.2, 0) is 6.54 Å². The third kappa shape index (κ3) is 2.73. The molecule has 0 atom stereocenters. The summed E-state index contributed by atoms with van der Waals surface area (Å²) in [4.78, 5) is 13.9. The molecule has 1 rings (SSSR count). The zero-order valence-corrected chi connectivity index (χ0v) is 8.42. The lowest BCUT2D eigenvalue weighted by molar-refractivity contribution is 0.430. The Kier molecular flexibility index (Phi) is 2.61. The minimum absolute atomic E-state index is 0.0539. The van der Waals surface area contributed by atoms with Crippen molar-refractivity contribution in [3.8, 4) is 0 Å². The van der Waals surface area contributed by atoms with Gasteiger partial charge in [-0.05, 0) is 27.2 Å². The molecule has 0 aliphatic heterocycles. The van der Waals surface area contributed by atoms with Crippen molar-refractivity contribution >= 4 is 0 Å². The molecule has 1 heterocycles. The van der Waals surface area contributed by atoms with Gasteiger partial charge in [-0.1, -0.05) is 0 Å².